The largest absolute Gasteiger partial charge is 0.469 e. The third-order valence-corrected chi connectivity index (χ3v) is 3.98. The highest BCUT2D eigenvalue weighted by molar-refractivity contribution is 6.69. The molecule has 2 nitrogen and oxygen atoms in total. The normalized spacial score (nSPS) is 26.3. The third kappa shape index (κ3) is 1.21. The Kier molecular flexibility index (Phi) is 2.26. The molecule has 64 valence electrons. The first kappa shape index (κ1) is 9.72. The third-order valence-electron chi connectivity index (χ3n) is 1.52. The smallest absolute Gasteiger partial charge is 0.315 e. The van der Waals surface area contributed by atoms with E-state index >= 15 is 0 Å². The van der Waals surface area contributed by atoms with Gasteiger partial charge >= 0.3 is 5.97 Å². The lowest BCUT2D eigenvalue weighted by Gasteiger charge is -1.94. The zero-order valence-corrected chi connectivity index (χ0v) is 8.43. The van der Waals surface area contributed by atoms with Gasteiger partial charge in [-0.05, 0) is 0 Å². The summed E-state index contributed by atoms with van der Waals surface area (Å²) in [6.45, 7) is 0. The Balaban J connectivity index is 2.75. The van der Waals surface area contributed by atoms with Crippen molar-refractivity contribution >= 4 is 52.4 Å². The average molecular weight is 238 g/mol. The molecule has 1 aliphatic carbocycles. The van der Waals surface area contributed by atoms with Crippen LogP contribution in [-0.4, -0.2) is 21.7 Å². The summed E-state index contributed by atoms with van der Waals surface area (Å²) in [4.78, 5) is 10.8. The zero-order valence-electron chi connectivity index (χ0n) is 5.41. The summed E-state index contributed by atoms with van der Waals surface area (Å²) in [5.41, 5.74) is 0. The van der Waals surface area contributed by atoms with Gasteiger partial charge in [-0.3, -0.25) is 4.79 Å². The minimum atomic E-state index is -1.41. The lowest BCUT2D eigenvalue weighted by Crippen LogP contribution is -2.08. The van der Waals surface area contributed by atoms with Gasteiger partial charge in [0.2, 0.25) is 0 Å². The maximum Gasteiger partial charge on any atom is 0.315 e. The molecule has 0 aromatic carbocycles. The molecule has 0 saturated heterocycles. The number of alkyl halides is 4. The Morgan fingerprint density at radius 1 is 1.27 bits per heavy atom. The van der Waals surface area contributed by atoms with Crippen molar-refractivity contribution in [3.8, 4) is 0 Å². The summed E-state index contributed by atoms with van der Waals surface area (Å²) in [5, 5.41) is 0. The predicted molar refractivity (Wildman–Crippen MR) is 44.4 cm³/mol. The number of rotatable bonds is 1. The summed E-state index contributed by atoms with van der Waals surface area (Å²) < 4.78 is 1.54. The monoisotopic (exact) mass is 236 g/mol. The van der Waals surface area contributed by atoms with E-state index in [0.717, 1.165) is 0 Å². The Hall–Kier alpha value is 0.630. The quantitative estimate of drug-likeness (QED) is 0.516. The minimum Gasteiger partial charge on any atom is -0.469 e. The van der Waals surface area contributed by atoms with Gasteiger partial charge in [0.25, 0.3) is 0 Å². The van der Waals surface area contributed by atoms with Gasteiger partial charge in [-0.25, -0.2) is 0 Å². The molecule has 0 bridgehead atoms. The molecule has 0 amide bonds. The van der Waals surface area contributed by atoms with E-state index in [4.69, 9.17) is 46.4 Å². The van der Waals surface area contributed by atoms with Crippen LogP contribution in [0, 0.1) is 5.92 Å². The zero-order chi connectivity index (χ0) is 8.86. The number of carbonyl (C=O) groups is 1. The molecule has 0 N–H and O–H groups in total. The lowest BCUT2D eigenvalue weighted by molar-refractivity contribution is -0.142. The van der Waals surface area contributed by atoms with Crippen molar-refractivity contribution in [3.05, 3.63) is 0 Å². The highest BCUT2D eigenvalue weighted by Crippen LogP contribution is 2.69. The van der Waals surface area contributed by atoms with Gasteiger partial charge in [0.1, 0.15) is 5.92 Å². The molecule has 0 radical (unpaired) electrons. The van der Waals surface area contributed by atoms with E-state index in [1.54, 1.807) is 0 Å². The van der Waals surface area contributed by atoms with Crippen molar-refractivity contribution in [2.75, 3.05) is 7.11 Å². The summed E-state index contributed by atoms with van der Waals surface area (Å²) in [6, 6.07) is 0. The molecule has 0 aromatic heterocycles. The first-order valence-electron chi connectivity index (χ1n) is 2.69. The second-order valence-electron chi connectivity index (χ2n) is 2.20. The van der Waals surface area contributed by atoms with E-state index in [0.29, 0.717) is 0 Å². The fourth-order valence-corrected chi connectivity index (χ4v) is 2.21. The van der Waals surface area contributed by atoms with Crippen LogP contribution in [-0.2, 0) is 9.53 Å². The number of carbonyl (C=O) groups excluding carboxylic acids is 1. The Bertz CT molecular complexity index is 187. The van der Waals surface area contributed by atoms with Crippen molar-refractivity contribution in [2.45, 2.75) is 8.67 Å². The minimum absolute atomic E-state index is 0.597. The molecule has 0 aromatic rings. The van der Waals surface area contributed by atoms with Crippen LogP contribution in [0.4, 0.5) is 0 Å². The maximum atomic E-state index is 10.8. The van der Waals surface area contributed by atoms with Crippen molar-refractivity contribution < 1.29 is 9.53 Å². The molecule has 0 atom stereocenters. The molecule has 0 unspecified atom stereocenters. The van der Waals surface area contributed by atoms with Crippen molar-refractivity contribution in [2.24, 2.45) is 5.92 Å². The number of esters is 1. The van der Waals surface area contributed by atoms with Gasteiger partial charge in [0.05, 0.1) is 7.11 Å². The molecular formula is C5H4Cl4O2. The van der Waals surface area contributed by atoms with E-state index in [1.165, 1.54) is 7.11 Å². The second-order valence-corrected chi connectivity index (χ2v) is 4.97. The number of methoxy groups -OCH3 is 1. The van der Waals surface area contributed by atoms with E-state index < -0.39 is 20.6 Å². The van der Waals surface area contributed by atoms with Crippen LogP contribution in [0.3, 0.4) is 0 Å². The van der Waals surface area contributed by atoms with Gasteiger partial charge in [0, 0.05) is 0 Å². The number of ether oxygens (including phenoxy) is 1. The van der Waals surface area contributed by atoms with Gasteiger partial charge < -0.3 is 4.74 Å². The van der Waals surface area contributed by atoms with E-state index in [1.807, 2.05) is 0 Å². The van der Waals surface area contributed by atoms with E-state index in [2.05, 4.69) is 4.74 Å². The summed E-state index contributed by atoms with van der Waals surface area (Å²) in [7, 11) is 1.22. The first-order chi connectivity index (χ1) is 4.85. The highest BCUT2D eigenvalue weighted by Gasteiger charge is 2.79. The van der Waals surface area contributed by atoms with Crippen LogP contribution in [0.25, 0.3) is 0 Å². The van der Waals surface area contributed by atoms with E-state index in [-0.39, 0.29) is 0 Å². The standard InChI is InChI=1S/C5H4Cl4O2/c1-11-3(10)2-4(6,7)5(2,8)9/h2H,1H3. The van der Waals surface area contributed by atoms with Gasteiger partial charge in [-0.2, -0.15) is 0 Å². The summed E-state index contributed by atoms with van der Waals surface area (Å²) in [6.07, 6.45) is 0. The van der Waals surface area contributed by atoms with Crippen molar-refractivity contribution in [3.63, 3.8) is 0 Å². The Morgan fingerprint density at radius 3 is 1.73 bits per heavy atom. The lowest BCUT2D eigenvalue weighted by atomic mass is 10.4. The van der Waals surface area contributed by atoms with Gasteiger partial charge in [0.15, 0.2) is 8.67 Å². The van der Waals surface area contributed by atoms with Crippen LogP contribution in [0.15, 0.2) is 0 Å². The molecule has 1 rings (SSSR count). The van der Waals surface area contributed by atoms with Crippen LogP contribution >= 0.6 is 46.4 Å². The molecule has 11 heavy (non-hydrogen) atoms. The van der Waals surface area contributed by atoms with Crippen molar-refractivity contribution in [1.29, 1.82) is 0 Å². The Labute approximate surface area is 83.7 Å². The van der Waals surface area contributed by atoms with Crippen molar-refractivity contribution in [1.82, 2.24) is 0 Å². The average Bonchev–Trinajstić information content (AvgIpc) is 2.24. The molecule has 6 heteroatoms. The predicted octanol–water partition coefficient (Wildman–Crippen LogP) is 2.14. The first-order valence-corrected chi connectivity index (χ1v) is 4.20. The maximum absolute atomic E-state index is 10.8. The fourth-order valence-electron chi connectivity index (χ4n) is 0.756. The van der Waals surface area contributed by atoms with Gasteiger partial charge in [-0.15, -0.1) is 0 Å². The van der Waals surface area contributed by atoms with Crippen LogP contribution in [0.1, 0.15) is 0 Å². The highest BCUT2D eigenvalue weighted by atomic mass is 35.5. The number of hydrogen-bond donors (Lipinski definition) is 0. The molecule has 0 aliphatic heterocycles. The number of halogens is 4. The molecule has 1 fully saturated rings. The van der Waals surface area contributed by atoms with Crippen LogP contribution in [0.5, 0.6) is 0 Å². The van der Waals surface area contributed by atoms with Crippen LogP contribution < -0.4 is 0 Å². The summed E-state index contributed by atoms with van der Waals surface area (Å²) >= 11 is 22.3. The topological polar surface area (TPSA) is 26.3 Å². The Morgan fingerprint density at radius 2 is 1.64 bits per heavy atom. The van der Waals surface area contributed by atoms with Crippen LogP contribution in [0.2, 0.25) is 0 Å². The molecule has 0 heterocycles. The molecular weight excluding hydrogens is 234 g/mol. The SMILES string of the molecule is COC(=O)C1C(Cl)(Cl)C1(Cl)Cl. The van der Waals surface area contributed by atoms with E-state index in [9.17, 15) is 4.79 Å². The second kappa shape index (κ2) is 2.56. The molecule has 1 aliphatic rings. The molecule has 1 saturated carbocycles. The van der Waals surface area contributed by atoms with Gasteiger partial charge in [-0.1, -0.05) is 46.4 Å². The number of hydrogen-bond acceptors (Lipinski definition) is 2. The fraction of sp³-hybridized carbons (Fsp3) is 0.800. The molecule has 0 spiro atoms. The summed E-state index contributed by atoms with van der Waals surface area (Å²) in [5.74, 6) is -1.45.